The van der Waals surface area contributed by atoms with Crippen LogP contribution in [-0.2, 0) is 22.6 Å². The molecule has 3 rings (SSSR count). The van der Waals surface area contributed by atoms with Gasteiger partial charge in [0, 0.05) is 18.8 Å². The fraction of sp³-hybridized carbons (Fsp3) is 0.556. The molecular formula is C18H21NO4. The number of nitrogens with zero attached hydrogens (tertiary/aromatic N) is 1. The van der Waals surface area contributed by atoms with Gasteiger partial charge in [0.1, 0.15) is 18.5 Å². The number of Topliss-reactive ketones (excluding diaryl/α,β-unsaturated/α-hetero) is 1. The van der Waals surface area contributed by atoms with Crippen LogP contribution in [0.15, 0.2) is 12.1 Å². The van der Waals surface area contributed by atoms with Gasteiger partial charge >= 0.3 is 0 Å². The SMILES string of the molecule is COc1cc(COC#N)cc2c1OC1CC(=O)CC(C)(C)C1C2. The number of hydrogen-bond acceptors (Lipinski definition) is 5. The van der Waals surface area contributed by atoms with Crippen LogP contribution in [0.1, 0.15) is 37.8 Å². The highest BCUT2D eigenvalue weighted by Crippen LogP contribution is 2.49. The first-order valence-electron chi connectivity index (χ1n) is 7.83. The fourth-order valence-corrected chi connectivity index (χ4v) is 3.86. The smallest absolute Gasteiger partial charge is 0.286 e. The molecule has 0 radical (unpaired) electrons. The van der Waals surface area contributed by atoms with Crippen molar-refractivity contribution in [2.75, 3.05) is 7.11 Å². The highest BCUT2D eigenvalue weighted by molar-refractivity contribution is 5.81. The van der Waals surface area contributed by atoms with Crippen molar-refractivity contribution in [1.82, 2.24) is 0 Å². The van der Waals surface area contributed by atoms with E-state index in [0.717, 1.165) is 23.3 Å². The summed E-state index contributed by atoms with van der Waals surface area (Å²) >= 11 is 0. The molecule has 2 unspecified atom stereocenters. The minimum Gasteiger partial charge on any atom is -0.493 e. The maximum absolute atomic E-state index is 12.0. The topological polar surface area (TPSA) is 68.6 Å². The third-order valence-electron chi connectivity index (χ3n) is 4.96. The van der Waals surface area contributed by atoms with Crippen LogP contribution in [0, 0.1) is 22.9 Å². The number of nitriles is 1. The van der Waals surface area contributed by atoms with Crippen molar-refractivity contribution in [3.8, 4) is 17.8 Å². The molecule has 0 spiro atoms. The van der Waals surface area contributed by atoms with Crippen molar-refractivity contribution in [1.29, 1.82) is 5.26 Å². The van der Waals surface area contributed by atoms with Gasteiger partial charge in [-0.15, -0.1) is 0 Å². The van der Waals surface area contributed by atoms with Crippen LogP contribution in [-0.4, -0.2) is 19.0 Å². The van der Waals surface area contributed by atoms with Crippen molar-refractivity contribution in [3.05, 3.63) is 23.3 Å². The summed E-state index contributed by atoms with van der Waals surface area (Å²) in [5, 5.41) is 8.58. The Labute approximate surface area is 136 Å². The number of benzene rings is 1. The monoisotopic (exact) mass is 315 g/mol. The lowest BCUT2D eigenvalue weighted by atomic mass is 9.64. The molecule has 5 heteroatoms. The predicted molar refractivity (Wildman–Crippen MR) is 83.0 cm³/mol. The number of ketones is 1. The molecular weight excluding hydrogens is 294 g/mol. The van der Waals surface area contributed by atoms with E-state index < -0.39 is 0 Å². The zero-order valence-electron chi connectivity index (χ0n) is 13.7. The zero-order valence-corrected chi connectivity index (χ0v) is 13.7. The molecule has 1 aromatic carbocycles. The molecule has 2 atom stereocenters. The van der Waals surface area contributed by atoms with E-state index in [9.17, 15) is 4.79 Å². The summed E-state index contributed by atoms with van der Waals surface area (Å²) in [5.41, 5.74) is 1.86. The van der Waals surface area contributed by atoms with Gasteiger partial charge in [-0.3, -0.25) is 4.79 Å². The summed E-state index contributed by atoms with van der Waals surface area (Å²) in [6.07, 6.45) is 3.51. The average molecular weight is 315 g/mol. The molecule has 1 fully saturated rings. The standard InChI is InChI=1S/C18H21NO4/c1-18(2)8-13(20)7-15-14(18)6-12-4-11(9-22-10-19)5-16(21-3)17(12)23-15/h4-5,14-15H,6-9H2,1-3H3. The van der Waals surface area contributed by atoms with Crippen molar-refractivity contribution in [2.24, 2.45) is 11.3 Å². The molecule has 23 heavy (non-hydrogen) atoms. The summed E-state index contributed by atoms with van der Waals surface area (Å²) < 4.78 is 16.5. The fourth-order valence-electron chi connectivity index (χ4n) is 3.86. The summed E-state index contributed by atoms with van der Waals surface area (Å²) in [6, 6.07) is 3.84. The van der Waals surface area contributed by atoms with E-state index in [1.807, 2.05) is 12.1 Å². The number of fused-ring (bicyclic) bond motifs is 2. The lowest BCUT2D eigenvalue weighted by Gasteiger charge is -2.46. The Balaban J connectivity index is 1.97. The molecule has 1 aliphatic carbocycles. The van der Waals surface area contributed by atoms with E-state index in [1.165, 1.54) is 0 Å². The molecule has 1 heterocycles. The molecule has 1 aromatic rings. The number of ether oxygens (including phenoxy) is 3. The van der Waals surface area contributed by atoms with Gasteiger partial charge in [-0.05, 0) is 35.1 Å². The van der Waals surface area contributed by atoms with Gasteiger partial charge in [-0.1, -0.05) is 13.8 Å². The van der Waals surface area contributed by atoms with Crippen LogP contribution < -0.4 is 9.47 Å². The molecule has 0 bridgehead atoms. The maximum Gasteiger partial charge on any atom is 0.286 e. The maximum atomic E-state index is 12.0. The van der Waals surface area contributed by atoms with Crippen LogP contribution in [0.2, 0.25) is 0 Å². The van der Waals surface area contributed by atoms with Gasteiger partial charge in [0.05, 0.1) is 7.11 Å². The number of hydrogen-bond donors (Lipinski definition) is 0. The molecule has 1 aliphatic heterocycles. The first kappa shape index (κ1) is 15.7. The van der Waals surface area contributed by atoms with Crippen LogP contribution in [0.3, 0.4) is 0 Å². The third-order valence-corrected chi connectivity index (χ3v) is 4.96. The van der Waals surface area contributed by atoms with Crippen molar-refractivity contribution in [3.63, 3.8) is 0 Å². The second-order valence-corrected chi connectivity index (χ2v) is 7.04. The molecule has 0 saturated heterocycles. The largest absolute Gasteiger partial charge is 0.493 e. The Kier molecular flexibility index (Phi) is 3.93. The van der Waals surface area contributed by atoms with E-state index in [1.54, 1.807) is 13.4 Å². The van der Waals surface area contributed by atoms with Crippen LogP contribution in [0.4, 0.5) is 0 Å². The second kappa shape index (κ2) is 5.77. The van der Waals surface area contributed by atoms with E-state index >= 15 is 0 Å². The zero-order chi connectivity index (χ0) is 16.6. The van der Waals surface area contributed by atoms with Gasteiger partial charge in [0.2, 0.25) is 0 Å². The minimum absolute atomic E-state index is 0.0793. The summed E-state index contributed by atoms with van der Waals surface area (Å²) in [6.45, 7) is 4.49. The Morgan fingerprint density at radius 3 is 2.87 bits per heavy atom. The van der Waals surface area contributed by atoms with Gasteiger partial charge in [-0.25, -0.2) is 0 Å². The van der Waals surface area contributed by atoms with Crippen LogP contribution in [0.5, 0.6) is 11.5 Å². The molecule has 0 amide bonds. The van der Waals surface area contributed by atoms with Crippen LogP contribution >= 0.6 is 0 Å². The lowest BCUT2D eigenvalue weighted by Crippen LogP contribution is -2.48. The minimum atomic E-state index is -0.0890. The quantitative estimate of drug-likeness (QED) is 0.802. The Hall–Kier alpha value is -2.22. The van der Waals surface area contributed by atoms with E-state index in [4.69, 9.17) is 19.5 Å². The van der Waals surface area contributed by atoms with E-state index in [-0.39, 0.29) is 23.9 Å². The van der Waals surface area contributed by atoms with Crippen molar-refractivity contribution < 1.29 is 19.0 Å². The Morgan fingerprint density at radius 2 is 2.17 bits per heavy atom. The second-order valence-electron chi connectivity index (χ2n) is 7.04. The van der Waals surface area contributed by atoms with Crippen molar-refractivity contribution >= 4 is 5.78 Å². The van der Waals surface area contributed by atoms with Gasteiger partial charge in [0.25, 0.3) is 6.26 Å². The molecule has 0 N–H and O–H groups in total. The number of carbonyl (C=O) groups excluding carboxylic acids is 1. The first-order valence-corrected chi connectivity index (χ1v) is 7.83. The number of carbonyl (C=O) groups is 1. The van der Waals surface area contributed by atoms with Crippen LogP contribution in [0.25, 0.3) is 0 Å². The third kappa shape index (κ3) is 2.86. The van der Waals surface area contributed by atoms with E-state index in [0.29, 0.717) is 24.5 Å². The number of rotatable bonds is 3. The molecule has 2 aliphatic rings. The predicted octanol–water partition coefficient (Wildman–Crippen LogP) is 3.00. The molecule has 122 valence electrons. The number of methoxy groups -OCH3 is 1. The molecule has 1 saturated carbocycles. The normalized spacial score (nSPS) is 24.7. The average Bonchev–Trinajstić information content (AvgIpc) is 2.50. The molecule has 5 nitrogen and oxygen atoms in total. The van der Waals surface area contributed by atoms with Gasteiger partial charge < -0.3 is 14.2 Å². The summed E-state index contributed by atoms with van der Waals surface area (Å²) in [5.74, 6) is 1.91. The Bertz CT molecular complexity index is 674. The highest BCUT2D eigenvalue weighted by atomic mass is 16.5. The van der Waals surface area contributed by atoms with E-state index in [2.05, 4.69) is 13.8 Å². The Morgan fingerprint density at radius 1 is 1.39 bits per heavy atom. The first-order chi connectivity index (χ1) is 10.9. The van der Waals surface area contributed by atoms with Gasteiger partial charge in [0.15, 0.2) is 11.5 Å². The molecule has 0 aromatic heterocycles. The summed E-state index contributed by atoms with van der Waals surface area (Å²) in [4.78, 5) is 12.0. The van der Waals surface area contributed by atoms with Gasteiger partial charge in [-0.2, -0.15) is 5.26 Å². The lowest BCUT2D eigenvalue weighted by molar-refractivity contribution is -0.131. The highest BCUT2D eigenvalue weighted by Gasteiger charge is 2.46. The van der Waals surface area contributed by atoms with Crippen molar-refractivity contribution in [2.45, 2.75) is 45.8 Å². The summed E-state index contributed by atoms with van der Waals surface area (Å²) in [7, 11) is 1.59.